The number of hydrogen-bond donors (Lipinski definition) is 1. The van der Waals surface area contributed by atoms with Gasteiger partial charge in [-0.25, -0.2) is 0 Å². The third-order valence-corrected chi connectivity index (χ3v) is 2.48. The maximum absolute atomic E-state index is 11.8. The van der Waals surface area contributed by atoms with Gasteiger partial charge in [0.2, 0.25) is 0 Å². The monoisotopic (exact) mass is 214 g/mol. The first-order valence-electron chi connectivity index (χ1n) is 5.17. The maximum Gasteiger partial charge on any atom is 0.253 e. The van der Waals surface area contributed by atoms with Crippen LogP contribution in [0.25, 0.3) is 0 Å². The summed E-state index contributed by atoms with van der Waals surface area (Å²) in [5, 5.41) is 0. The smallest absolute Gasteiger partial charge is 0.253 e. The molecule has 1 aromatic carbocycles. The molecule has 2 rings (SSSR count). The number of nitrogens with zero attached hydrogens (tertiary/aromatic N) is 1. The molecule has 0 bridgehead atoms. The number of nitrogen functional groups attached to an aromatic ring is 1. The number of aryl methyl sites for hydroxylation is 1. The highest BCUT2D eigenvalue weighted by Gasteiger charge is 2.01. The largest absolute Gasteiger partial charge is 0.398 e. The zero-order valence-corrected chi connectivity index (χ0v) is 9.18. The highest BCUT2D eigenvalue weighted by atomic mass is 16.1. The van der Waals surface area contributed by atoms with Crippen molar-refractivity contribution in [1.82, 2.24) is 4.57 Å². The lowest BCUT2D eigenvalue weighted by Gasteiger charge is -2.08. The molecule has 3 nitrogen and oxygen atoms in total. The van der Waals surface area contributed by atoms with Crippen molar-refractivity contribution in [3.8, 4) is 0 Å². The Morgan fingerprint density at radius 2 is 1.94 bits per heavy atom. The van der Waals surface area contributed by atoms with Crippen LogP contribution >= 0.6 is 0 Å². The molecule has 0 saturated heterocycles. The zero-order valence-electron chi connectivity index (χ0n) is 9.18. The van der Waals surface area contributed by atoms with E-state index in [0.717, 1.165) is 5.56 Å². The highest BCUT2D eigenvalue weighted by Crippen LogP contribution is 2.05. The van der Waals surface area contributed by atoms with Crippen molar-refractivity contribution in [3.05, 3.63) is 64.1 Å². The Morgan fingerprint density at radius 3 is 2.62 bits per heavy atom. The molecule has 0 aliphatic carbocycles. The Hall–Kier alpha value is -2.03. The lowest BCUT2D eigenvalue weighted by molar-refractivity contribution is 0.754. The molecular weight excluding hydrogens is 200 g/mol. The molecule has 16 heavy (non-hydrogen) atoms. The van der Waals surface area contributed by atoms with Gasteiger partial charge in [-0.15, -0.1) is 0 Å². The van der Waals surface area contributed by atoms with Gasteiger partial charge in [0, 0.05) is 17.4 Å². The van der Waals surface area contributed by atoms with Crippen molar-refractivity contribution in [2.45, 2.75) is 13.5 Å². The Labute approximate surface area is 94.1 Å². The van der Waals surface area contributed by atoms with Crippen molar-refractivity contribution < 1.29 is 0 Å². The quantitative estimate of drug-likeness (QED) is 0.828. The molecule has 1 aromatic heterocycles. The topological polar surface area (TPSA) is 48.0 Å². The Bertz CT molecular complexity index is 544. The van der Waals surface area contributed by atoms with Crippen LogP contribution in [0.5, 0.6) is 0 Å². The first-order chi connectivity index (χ1) is 7.66. The number of hydrogen-bond acceptors (Lipinski definition) is 2. The first-order valence-corrected chi connectivity index (χ1v) is 5.17. The van der Waals surface area contributed by atoms with E-state index in [2.05, 4.69) is 0 Å². The van der Waals surface area contributed by atoms with E-state index in [1.165, 1.54) is 0 Å². The summed E-state index contributed by atoms with van der Waals surface area (Å²) in [6.07, 6.45) is 1.68. The Kier molecular flexibility index (Phi) is 2.77. The molecule has 2 N–H and O–H groups in total. The predicted octanol–water partition coefficient (Wildman–Crippen LogP) is 1.79. The van der Waals surface area contributed by atoms with Crippen LogP contribution < -0.4 is 11.3 Å². The number of rotatable bonds is 2. The fourth-order valence-corrected chi connectivity index (χ4v) is 1.71. The second kappa shape index (κ2) is 4.23. The minimum atomic E-state index is 0.0121. The van der Waals surface area contributed by atoms with Gasteiger partial charge in [-0.2, -0.15) is 0 Å². The van der Waals surface area contributed by atoms with E-state index in [4.69, 9.17) is 5.73 Å². The number of aromatic nitrogens is 1. The summed E-state index contributed by atoms with van der Waals surface area (Å²) in [4.78, 5) is 11.8. The fraction of sp³-hybridized carbons (Fsp3) is 0.154. The van der Waals surface area contributed by atoms with Gasteiger partial charge in [-0.3, -0.25) is 4.79 Å². The summed E-state index contributed by atoms with van der Waals surface area (Å²) >= 11 is 0. The van der Waals surface area contributed by atoms with E-state index < -0.39 is 0 Å². The van der Waals surface area contributed by atoms with Crippen LogP contribution in [-0.2, 0) is 6.54 Å². The molecule has 0 aliphatic rings. The average molecular weight is 214 g/mol. The minimum Gasteiger partial charge on any atom is -0.398 e. The standard InChI is InChI=1S/C13H14N2O/c1-10-7-12(14)9-15(13(10)16)8-11-5-3-2-4-6-11/h2-7,9H,8,14H2,1H3. The van der Waals surface area contributed by atoms with Gasteiger partial charge in [0.25, 0.3) is 5.56 Å². The van der Waals surface area contributed by atoms with Gasteiger partial charge in [-0.05, 0) is 18.6 Å². The van der Waals surface area contributed by atoms with Gasteiger partial charge in [-0.1, -0.05) is 30.3 Å². The second-order valence-electron chi connectivity index (χ2n) is 3.88. The Morgan fingerprint density at radius 1 is 1.25 bits per heavy atom. The third-order valence-electron chi connectivity index (χ3n) is 2.48. The number of anilines is 1. The normalized spacial score (nSPS) is 10.3. The summed E-state index contributed by atoms with van der Waals surface area (Å²) in [6, 6.07) is 11.6. The van der Waals surface area contributed by atoms with E-state index in [-0.39, 0.29) is 5.56 Å². The van der Waals surface area contributed by atoms with Gasteiger partial charge in [0.15, 0.2) is 0 Å². The van der Waals surface area contributed by atoms with Crippen LogP contribution in [0, 0.1) is 6.92 Å². The minimum absolute atomic E-state index is 0.0121. The van der Waals surface area contributed by atoms with Crippen LogP contribution in [0.3, 0.4) is 0 Å². The summed E-state index contributed by atoms with van der Waals surface area (Å²) in [7, 11) is 0. The molecule has 3 heteroatoms. The summed E-state index contributed by atoms with van der Waals surface area (Å²) in [6.45, 7) is 2.34. The summed E-state index contributed by atoms with van der Waals surface area (Å²) < 4.78 is 1.64. The number of benzene rings is 1. The average Bonchev–Trinajstić information content (AvgIpc) is 2.27. The number of nitrogens with two attached hydrogens (primary N) is 1. The third kappa shape index (κ3) is 2.14. The molecular formula is C13H14N2O. The second-order valence-corrected chi connectivity index (χ2v) is 3.88. The molecule has 0 unspecified atom stereocenters. The van der Waals surface area contributed by atoms with Crippen molar-refractivity contribution in [3.63, 3.8) is 0 Å². The first kappa shape index (κ1) is 10.5. The van der Waals surface area contributed by atoms with Gasteiger partial charge < -0.3 is 10.3 Å². The number of pyridine rings is 1. The molecule has 0 atom stereocenters. The molecule has 0 saturated carbocycles. The van der Waals surface area contributed by atoms with Gasteiger partial charge in [0.05, 0.1) is 6.54 Å². The molecule has 0 amide bonds. The zero-order chi connectivity index (χ0) is 11.5. The Balaban J connectivity index is 2.39. The predicted molar refractivity (Wildman–Crippen MR) is 65.4 cm³/mol. The molecule has 0 aliphatic heterocycles. The van der Waals surface area contributed by atoms with E-state index >= 15 is 0 Å². The molecule has 82 valence electrons. The molecule has 1 heterocycles. The summed E-state index contributed by atoms with van der Waals surface area (Å²) in [5.41, 5.74) is 8.12. The van der Waals surface area contributed by atoms with Crippen molar-refractivity contribution in [1.29, 1.82) is 0 Å². The van der Waals surface area contributed by atoms with Crippen LogP contribution in [0.15, 0.2) is 47.4 Å². The van der Waals surface area contributed by atoms with Crippen LogP contribution in [-0.4, -0.2) is 4.57 Å². The van der Waals surface area contributed by atoms with Crippen molar-refractivity contribution in [2.24, 2.45) is 0 Å². The molecule has 2 aromatic rings. The van der Waals surface area contributed by atoms with Gasteiger partial charge in [0.1, 0.15) is 0 Å². The summed E-state index contributed by atoms with van der Waals surface area (Å²) in [5.74, 6) is 0. The van der Waals surface area contributed by atoms with E-state index in [1.54, 1.807) is 23.8 Å². The van der Waals surface area contributed by atoms with Crippen molar-refractivity contribution >= 4 is 5.69 Å². The lowest BCUT2D eigenvalue weighted by Crippen LogP contribution is -2.22. The van der Waals surface area contributed by atoms with Crippen molar-refractivity contribution in [2.75, 3.05) is 5.73 Å². The molecule has 0 fully saturated rings. The molecule has 0 radical (unpaired) electrons. The van der Waals surface area contributed by atoms with E-state index in [1.807, 2.05) is 30.3 Å². The molecule has 0 spiro atoms. The SMILES string of the molecule is Cc1cc(N)cn(Cc2ccccc2)c1=O. The van der Waals surface area contributed by atoms with E-state index in [0.29, 0.717) is 17.8 Å². The highest BCUT2D eigenvalue weighted by molar-refractivity contribution is 5.37. The van der Waals surface area contributed by atoms with Crippen LogP contribution in [0.4, 0.5) is 5.69 Å². The van der Waals surface area contributed by atoms with Gasteiger partial charge >= 0.3 is 0 Å². The van der Waals surface area contributed by atoms with Crippen LogP contribution in [0.1, 0.15) is 11.1 Å². The fourth-order valence-electron chi connectivity index (χ4n) is 1.71. The van der Waals surface area contributed by atoms with E-state index in [9.17, 15) is 4.79 Å². The van der Waals surface area contributed by atoms with Crippen LogP contribution in [0.2, 0.25) is 0 Å². The lowest BCUT2D eigenvalue weighted by atomic mass is 10.2. The maximum atomic E-state index is 11.8.